The number of nitrogen functional groups attached to an aromatic ring is 1. The molecular formula is C10H15N3OS. The normalized spacial score (nSPS) is 20.7. The van der Waals surface area contributed by atoms with Crippen LogP contribution in [0.3, 0.4) is 0 Å². The Kier molecular flexibility index (Phi) is 3.80. The van der Waals surface area contributed by atoms with Gasteiger partial charge in [0, 0.05) is 18.1 Å². The third-order valence-electron chi connectivity index (χ3n) is 2.30. The van der Waals surface area contributed by atoms with Gasteiger partial charge in [0.1, 0.15) is 5.82 Å². The third-order valence-corrected chi connectivity index (χ3v) is 3.41. The topological polar surface area (TPSA) is 61.0 Å². The fraction of sp³-hybridized carbons (Fsp3) is 0.600. The van der Waals surface area contributed by atoms with Crippen LogP contribution in [0.4, 0.5) is 5.82 Å². The van der Waals surface area contributed by atoms with E-state index >= 15 is 0 Å². The number of aromatic nitrogens is 2. The summed E-state index contributed by atoms with van der Waals surface area (Å²) in [5.74, 6) is 2.40. The van der Waals surface area contributed by atoms with Crippen molar-refractivity contribution in [1.82, 2.24) is 9.97 Å². The molecule has 1 aromatic rings. The molecule has 82 valence electrons. The molecule has 1 aliphatic rings. The van der Waals surface area contributed by atoms with E-state index in [0.717, 1.165) is 23.8 Å². The summed E-state index contributed by atoms with van der Waals surface area (Å²) in [7, 11) is 0. The van der Waals surface area contributed by atoms with Crippen LogP contribution in [0.2, 0.25) is 0 Å². The number of nitrogens with zero attached hydrogens (tertiary/aromatic N) is 2. The Balaban J connectivity index is 1.71. The zero-order valence-corrected chi connectivity index (χ0v) is 9.37. The number of nitrogens with two attached hydrogens (primary N) is 1. The number of hydrogen-bond acceptors (Lipinski definition) is 5. The van der Waals surface area contributed by atoms with E-state index in [2.05, 4.69) is 9.97 Å². The first-order valence-corrected chi connectivity index (χ1v) is 6.26. The molecule has 0 radical (unpaired) electrons. The van der Waals surface area contributed by atoms with Crippen LogP contribution < -0.4 is 5.73 Å². The minimum absolute atomic E-state index is 0.441. The molecule has 15 heavy (non-hydrogen) atoms. The summed E-state index contributed by atoms with van der Waals surface area (Å²) < 4.78 is 5.53. The maximum absolute atomic E-state index is 5.53. The fourth-order valence-corrected chi connectivity index (χ4v) is 2.51. The Labute approximate surface area is 93.6 Å². The van der Waals surface area contributed by atoms with Gasteiger partial charge in [-0.25, -0.2) is 4.98 Å². The molecule has 2 N–H and O–H groups in total. The van der Waals surface area contributed by atoms with Crippen LogP contribution in [-0.4, -0.2) is 28.4 Å². The smallest absolute Gasteiger partial charge is 0.141 e. The molecule has 1 saturated heterocycles. The van der Waals surface area contributed by atoms with E-state index in [4.69, 9.17) is 10.5 Å². The van der Waals surface area contributed by atoms with Gasteiger partial charge in [-0.2, -0.15) is 11.8 Å². The lowest BCUT2D eigenvalue weighted by Gasteiger charge is -2.07. The molecule has 0 spiro atoms. The molecule has 0 bridgehead atoms. The van der Waals surface area contributed by atoms with Crippen molar-refractivity contribution in [2.75, 3.05) is 18.1 Å². The predicted octanol–water partition coefficient (Wildman–Crippen LogP) is 1.47. The molecule has 0 saturated carbocycles. The minimum atomic E-state index is 0.441. The Morgan fingerprint density at radius 1 is 1.47 bits per heavy atom. The number of anilines is 1. The Hall–Kier alpha value is -0.810. The van der Waals surface area contributed by atoms with Gasteiger partial charge in [-0.3, -0.25) is 4.98 Å². The lowest BCUT2D eigenvalue weighted by Crippen LogP contribution is -2.08. The summed E-state index contributed by atoms with van der Waals surface area (Å²) in [6.07, 6.45) is 6.17. The van der Waals surface area contributed by atoms with Crippen LogP contribution in [0.15, 0.2) is 12.4 Å². The SMILES string of the molecule is Nc1cnc(CSCC2CCCO2)cn1. The average molecular weight is 225 g/mol. The molecule has 4 nitrogen and oxygen atoms in total. The maximum atomic E-state index is 5.53. The van der Waals surface area contributed by atoms with E-state index in [-0.39, 0.29) is 0 Å². The van der Waals surface area contributed by atoms with Crippen LogP contribution in [0.1, 0.15) is 18.5 Å². The summed E-state index contributed by atoms with van der Waals surface area (Å²) in [5.41, 5.74) is 6.43. The Morgan fingerprint density at radius 3 is 3.07 bits per heavy atom. The van der Waals surface area contributed by atoms with Crippen LogP contribution >= 0.6 is 11.8 Å². The first-order valence-electron chi connectivity index (χ1n) is 5.10. The second kappa shape index (κ2) is 5.32. The lowest BCUT2D eigenvalue weighted by molar-refractivity contribution is 0.129. The number of hydrogen-bond donors (Lipinski definition) is 1. The zero-order valence-electron chi connectivity index (χ0n) is 8.56. The molecule has 5 heteroatoms. The second-order valence-electron chi connectivity index (χ2n) is 3.58. The summed E-state index contributed by atoms with van der Waals surface area (Å²) in [6.45, 7) is 0.924. The van der Waals surface area contributed by atoms with Crippen molar-refractivity contribution in [2.24, 2.45) is 0 Å². The lowest BCUT2D eigenvalue weighted by atomic mass is 10.3. The van der Waals surface area contributed by atoms with Crippen molar-refractivity contribution >= 4 is 17.6 Å². The van der Waals surface area contributed by atoms with E-state index in [9.17, 15) is 0 Å². The second-order valence-corrected chi connectivity index (χ2v) is 4.61. The standard InChI is InChI=1S/C10H15N3OS/c11-10-5-12-8(4-13-10)6-15-7-9-2-1-3-14-9/h4-5,9H,1-3,6-7H2,(H2,11,13). The molecular weight excluding hydrogens is 210 g/mol. The fourth-order valence-electron chi connectivity index (χ4n) is 1.51. The van der Waals surface area contributed by atoms with Crippen LogP contribution in [0, 0.1) is 0 Å². The van der Waals surface area contributed by atoms with Gasteiger partial charge < -0.3 is 10.5 Å². The van der Waals surface area contributed by atoms with Crippen LogP contribution in [-0.2, 0) is 10.5 Å². The van der Waals surface area contributed by atoms with Gasteiger partial charge in [-0.15, -0.1) is 0 Å². The third kappa shape index (κ3) is 3.35. The molecule has 1 atom stereocenters. The summed E-state index contributed by atoms with van der Waals surface area (Å²) in [4.78, 5) is 8.19. The molecule has 2 heterocycles. The Bertz CT molecular complexity index is 298. The molecule has 0 aliphatic carbocycles. The molecule has 0 aromatic carbocycles. The highest BCUT2D eigenvalue weighted by molar-refractivity contribution is 7.98. The molecule has 1 fully saturated rings. The van der Waals surface area contributed by atoms with Crippen molar-refractivity contribution in [3.8, 4) is 0 Å². The maximum Gasteiger partial charge on any atom is 0.141 e. The van der Waals surface area contributed by atoms with E-state index < -0.39 is 0 Å². The van der Waals surface area contributed by atoms with E-state index in [1.54, 1.807) is 12.4 Å². The van der Waals surface area contributed by atoms with Gasteiger partial charge >= 0.3 is 0 Å². The van der Waals surface area contributed by atoms with Gasteiger partial charge in [-0.05, 0) is 12.8 Å². The average Bonchev–Trinajstić information content (AvgIpc) is 2.74. The highest BCUT2D eigenvalue weighted by Gasteiger charge is 2.14. The van der Waals surface area contributed by atoms with Gasteiger partial charge in [0.2, 0.25) is 0 Å². The highest BCUT2D eigenvalue weighted by atomic mass is 32.2. The van der Waals surface area contributed by atoms with E-state index in [1.165, 1.54) is 12.8 Å². The van der Waals surface area contributed by atoms with E-state index in [1.807, 2.05) is 11.8 Å². The first-order chi connectivity index (χ1) is 7.34. The van der Waals surface area contributed by atoms with Crippen molar-refractivity contribution in [3.05, 3.63) is 18.1 Å². The summed E-state index contributed by atoms with van der Waals surface area (Å²) in [6, 6.07) is 0. The summed E-state index contributed by atoms with van der Waals surface area (Å²) >= 11 is 1.84. The Morgan fingerprint density at radius 2 is 2.40 bits per heavy atom. The predicted molar refractivity (Wildman–Crippen MR) is 61.6 cm³/mol. The largest absolute Gasteiger partial charge is 0.382 e. The van der Waals surface area contributed by atoms with Crippen molar-refractivity contribution in [1.29, 1.82) is 0 Å². The molecule has 0 amide bonds. The van der Waals surface area contributed by atoms with Crippen LogP contribution in [0.25, 0.3) is 0 Å². The quantitative estimate of drug-likeness (QED) is 0.840. The van der Waals surface area contributed by atoms with Gasteiger partial charge in [0.15, 0.2) is 0 Å². The zero-order chi connectivity index (χ0) is 10.5. The number of rotatable bonds is 4. The van der Waals surface area contributed by atoms with Crippen molar-refractivity contribution in [3.63, 3.8) is 0 Å². The van der Waals surface area contributed by atoms with Crippen molar-refractivity contribution in [2.45, 2.75) is 24.7 Å². The monoisotopic (exact) mass is 225 g/mol. The van der Waals surface area contributed by atoms with Crippen LogP contribution in [0.5, 0.6) is 0 Å². The van der Waals surface area contributed by atoms with Gasteiger partial charge in [0.25, 0.3) is 0 Å². The molecule has 1 aliphatic heterocycles. The molecule has 1 aromatic heterocycles. The van der Waals surface area contributed by atoms with Gasteiger partial charge in [-0.1, -0.05) is 0 Å². The highest BCUT2D eigenvalue weighted by Crippen LogP contribution is 2.19. The van der Waals surface area contributed by atoms with Gasteiger partial charge in [0.05, 0.1) is 24.2 Å². The van der Waals surface area contributed by atoms with E-state index in [0.29, 0.717) is 11.9 Å². The number of ether oxygens (including phenoxy) is 1. The first kappa shape index (κ1) is 10.7. The van der Waals surface area contributed by atoms with Crippen molar-refractivity contribution < 1.29 is 4.74 Å². The number of thioether (sulfide) groups is 1. The molecule has 1 unspecified atom stereocenters. The summed E-state index contributed by atoms with van der Waals surface area (Å²) in [5, 5.41) is 0. The minimum Gasteiger partial charge on any atom is -0.382 e. The molecule has 2 rings (SSSR count).